The lowest BCUT2D eigenvalue weighted by Gasteiger charge is -2.19. The van der Waals surface area contributed by atoms with E-state index in [1.165, 1.54) is 0 Å². The number of nitrogens with one attached hydrogen (secondary N) is 1. The second kappa shape index (κ2) is 6.51. The maximum absolute atomic E-state index is 12.4. The van der Waals surface area contributed by atoms with Gasteiger partial charge in [0.25, 0.3) is 0 Å². The van der Waals surface area contributed by atoms with Gasteiger partial charge in [0.2, 0.25) is 5.91 Å². The minimum atomic E-state index is -0.703. The highest BCUT2D eigenvalue weighted by Crippen LogP contribution is 2.40. The van der Waals surface area contributed by atoms with Gasteiger partial charge in [0, 0.05) is 23.9 Å². The van der Waals surface area contributed by atoms with Crippen LogP contribution >= 0.6 is 0 Å². The molecule has 7 nitrogen and oxygen atoms in total. The number of fused-ring (bicyclic) bond motifs is 1. The van der Waals surface area contributed by atoms with Crippen LogP contribution in [0.15, 0.2) is 60.0 Å². The molecule has 0 unspecified atom stereocenters. The Labute approximate surface area is 150 Å². The molecule has 2 aromatic heterocycles. The number of benzene rings is 1. The molecule has 0 fully saturated rings. The number of amides is 1. The van der Waals surface area contributed by atoms with Crippen LogP contribution in [0.3, 0.4) is 0 Å². The molecular formula is C19H17N5O2. The lowest BCUT2D eigenvalue weighted by Crippen LogP contribution is -2.21. The van der Waals surface area contributed by atoms with Gasteiger partial charge in [-0.05, 0) is 36.8 Å². The summed E-state index contributed by atoms with van der Waals surface area (Å²) in [5.41, 5.74) is 3.29. The summed E-state index contributed by atoms with van der Waals surface area (Å²) >= 11 is 0. The Balaban J connectivity index is 1.96. The van der Waals surface area contributed by atoms with Crippen molar-refractivity contribution in [1.82, 2.24) is 14.8 Å². The highest BCUT2D eigenvalue weighted by molar-refractivity contribution is 5.93. The van der Waals surface area contributed by atoms with E-state index < -0.39 is 6.04 Å². The Bertz CT molecular complexity index is 953. The fourth-order valence-corrected chi connectivity index (χ4v) is 3.53. The molecule has 3 heterocycles. The van der Waals surface area contributed by atoms with Crippen LogP contribution in [-0.4, -0.2) is 26.7 Å². The van der Waals surface area contributed by atoms with Crippen LogP contribution in [0.1, 0.15) is 29.2 Å². The molecule has 1 aliphatic rings. The van der Waals surface area contributed by atoms with Crippen LogP contribution in [0.5, 0.6) is 0 Å². The summed E-state index contributed by atoms with van der Waals surface area (Å²) in [6, 6.07) is 12.6. The van der Waals surface area contributed by atoms with Gasteiger partial charge in [-0.15, -0.1) is 0 Å². The molecule has 1 aliphatic heterocycles. The molecule has 0 saturated heterocycles. The molecule has 3 aromatic rings. The molecule has 1 amide bonds. The summed E-state index contributed by atoms with van der Waals surface area (Å²) in [6.07, 6.45) is 3.38. The molecule has 0 spiro atoms. The van der Waals surface area contributed by atoms with E-state index in [1.54, 1.807) is 17.1 Å². The molecule has 4 rings (SSSR count). The zero-order chi connectivity index (χ0) is 18.1. The second-order valence-electron chi connectivity index (χ2n) is 6.28. The SMILES string of the molecule is Cc1nn(-c2ccccc2)c2c1[C@H](c1ccncc1)[C@H](N=O)CC(=O)N2. The predicted molar refractivity (Wildman–Crippen MR) is 97.2 cm³/mol. The van der Waals surface area contributed by atoms with Gasteiger partial charge < -0.3 is 5.32 Å². The molecule has 0 radical (unpaired) electrons. The smallest absolute Gasteiger partial charge is 0.227 e. The van der Waals surface area contributed by atoms with E-state index in [2.05, 4.69) is 20.6 Å². The highest BCUT2D eigenvalue weighted by atomic mass is 16.3. The number of aryl methyl sites for hydroxylation is 1. The van der Waals surface area contributed by atoms with E-state index in [4.69, 9.17) is 0 Å². The molecule has 0 saturated carbocycles. The number of carbonyl (C=O) groups is 1. The van der Waals surface area contributed by atoms with Crippen LogP contribution < -0.4 is 5.32 Å². The van der Waals surface area contributed by atoms with Crippen LogP contribution in [0, 0.1) is 11.8 Å². The first-order chi connectivity index (χ1) is 12.7. The van der Waals surface area contributed by atoms with E-state index in [0.717, 1.165) is 22.5 Å². The van der Waals surface area contributed by atoms with Gasteiger partial charge in [-0.25, -0.2) is 4.68 Å². The van der Waals surface area contributed by atoms with Gasteiger partial charge in [-0.3, -0.25) is 9.78 Å². The molecule has 1 N–H and O–H groups in total. The van der Waals surface area contributed by atoms with Crippen LogP contribution in [-0.2, 0) is 4.79 Å². The van der Waals surface area contributed by atoms with Crippen molar-refractivity contribution < 1.29 is 4.79 Å². The normalized spacial score (nSPS) is 19.3. The summed E-state index contributed by atoms with van der Waals surface area (Å²) in [7, 11) is 0. The Morgan fingerprint density at radius 3 is 2.58 bits per heavy atom. The molecular weight excluding hydrogens is 330 g/mol. The molecule has 130 valence electrons. The number of rotatable bonds is 3. The van der Waals surface area contributed by atoms with E-state index in [1.807, 2.05) is 49.4 Å². The monoisotopic (exact) mass is 347 g/mol. The summed E-state index contributed by atoms with van der Waals surface area (Å²) in [5, 5.41) is 10.8. The zero-order valence-corrected chi connectivity index (χ0v) is 14.2. The highest BCUT2D eigenvalue weighted by Gasteiger charge is 2.37. The molecule has 1 aromatic carbocycles. The molecule has 0 aliphatic carbocycles. The third kappa shape index (κ3) is 2.67. The van der Waals surface area contributed by atoms with Crippen molar-refractivity contribution in [2.45, 2.75) is 25.3 Å². The maximum atomic E-state index is 12.4. The number of carbonyl (C=O) groups excluding carboxylic acids is 1. The minimum absolute atomic E-state index is 0.0272. The third-order valence-electron chi connectivity index (χ3n) is 4.66. The number of aromatic nitrogens is 3. The fraction of sp³-hybridized carbons (Fsp3) is 0.211. The minimum Gasteiger partial charge on any atom is -0.310 e. The fourth-order valence-electron chi connectivity index (χ4n) is 3.53. The zero-order valence-electron chi connectivity index (χ0n) is 14.2. The lowest BCUT2D eigenvalue weighted by atomic mass is 9.85. The number of nitrogens with zero attached hydrogens (tertiary/aromatic N) is 4. The molecule has 0 bridgehead atoms. The van der Waals surface area contributed by atoms with E-state index in [0.29, 0.717) is 5.82 Å². The third-order valence-corrected chi connectivity index (χ3v) is 4.66. The van der Waals surface area contributed by atoms with Gasteiger partial charge in [-0.1, -0.05) is 23.4 Å². The van der Waals surface area contributed by atoms with E-state index >= 15 is 0 Å². The predicted octanol–water partition coefficient (Wildman–Crippen LogP) is 3.18. The molecule has 2 atom stereocenters. The maximum Gasteiger partial charge on any atom is 0.227 e. The number of pyridine rings is 1. The number of nitroso groups, excluding NO2 is 1. The summed E-state index contributed by atoms with van der Waals surface area (Å²) in [6.45, 7) is 1.88. The van der Waals surface area contributed by atoms with Gasteiger partial charge in [0.05, 0.1) is 17.8 Å². The Kier molecular flexibility index (Phi) is 4.04. The quantitative estimate of drug-likeness (QED) is 0.737. The molecule has 7 heteroatoms. The Morgan fingerprint density at radius 1 is 1.15 bits per heavy atom. The Hall–Kier alpha value is -3.35. The van der Waals surface area contributed by atoms with Crippen molar-refractivity contribution in [3.05, 3.63) is 76.6 Å². The lowest BCUT2D eigenvalue weighted by molar-refractivity contribution is -0.116. The van der Waals surface area contributed by atoms with Crippen molar-refractivity contribution in [1.29, 1.82) is 0 Å². The van der Waals surface area contributed by atoms with Crippen molar-refractivity contribution in [2.75, 3.05) is 5.32 Å². The largest absolute Gasteiger partial charge is 0.310 e. The van der Waals surface area contributed by atoms with E-state index in [9.17, 15) is 9.70 Å². The second-order valence-corrected chi connectivity index (χ2v) is 6.28. The number of para-hydroxylation sites is 1. The standard InChI is InChI=1S/C19H17N5O2/c1-12-17-18(13-7-9-20-10-8-13)15(23-26)11-16(25)21-19(17)24(22-12)14-5-3-2-4-6-14/h2-10,15,18H,11H2,1H3,(H,21,25)/t15-,18-/m1/s1. The van der Waals surface area contributed by atoms with Crippen LogP contribution in [0.4, 0.5) is 5.82 Å². The van der Waals surface area contributed by atoms with Crippen LogP contribution in [0.2, 0.25) is 0 Å². The first kappa shape index (κ1) is 16.1. The van der Waals surface area contributed by atoms with Crippen LogP contribution in [0.25, 0.3) is 5.69 Å². The summed E-state index contributed by atoms with van der Waals surface area (Å²) < 4.78 is 1.71. The number of hydrogen-bond donors (Lipinski definition) is 1. The number of hydrogen-bond acceptors (Lipinski definition) is 5. The van der Waals surface area contributed by atoms with Gasteiger partial charge in [0.1, 0.15) is 11.9 Å². The van der Waals surface area contributed by atoms with Crippen molar-refractivity contribution >= 4 is 11.7 Å². The Morgan fingerprint density at radius 2 is 1.88 bits per heavy atom. The van der Waals surface area contributed by atoms with Gasteiger partial charge >= 0.3 is 0 Å². The van der Waals surface area contributed by atoms with E-state index in [-0.39, 0.29) is 18.2 Å². The van der Waals surface area contributed by atoms with Gasteiger partial charge in [-0.2, -0.15) is 10.0 Å². The average Bonchev–Trinajstić information content (AvgIpc) is 2.90. The summed E-state index contributed by atoms with van der Waals surface area (Å²) in [5.74, 6) is -0.0157. The van der Waals surface area contributed by atoms with Crippen molar-refractivity contribution in [3.8, 4) is 5.69 Å². The first-order valence-corrected chi connectivity index (χ1v) is 8.36. The van der Waals surface area contributed by atoms with Gasteiger partial charge in [0.15, 0.2) is 0 Å². The summed E-state index contributed by atoms with van der Waals surface area (Å²) in [4.78, 5) is 28.0. The molecule has 26 heavy (non-hydrogen) atoms. The van der Waals surface area contributed by atoms with Crippen molar-refractivity contribution in [3.63, 3.8) is 0 Å². The first-order valence-electron chi connectivity index (χ1n) is 8.36. The topological polar surface area (TPSA) is 89.2 Å². The van der Waals surface area contributed by atoms with Crippen molar-refractivity contribution in [2.24, 2.45) is 5.18 Å². The number of anilines is 1. The average molecular weight is 347 g/mol.